The third kappa shape index (κ3) is 5.62. The van der Waals surface area contributed by atoms with E-state index in [0.29, 0.717) is 21.1 Å². The summed E-state index contributed by atoms with van der Waals surface area (Å²) in [5.41, 5.74) is -0.472. The van der Waals surface area contributed by atoms with Crippen LogP contribution >= 0.6 is 23.4 Å². The van der Waals surface area contributed by atoms with E-state index in [0.717, 1.165) is 23.9 Å². The molecule has 2 aromatic carbocycles. The number of alkyl halides is 3. The van der Waals surface area contributed by atoms with E-state index in [9.17, 15) is 22.8 Å². The molecule has 3 rings (SSSR count). The van der Waals surface area contributed by atoms with E-state index in [4.69, 9.17) is 16.3 Å². The van der Waals surface area contributed by atoms with Crippen LogP contribution in [0.15, 0.2) is 52.4 Å². The fraction of sp³-hybridized carbons (Fsp3) is 0.286. The summed E-state index contributed by atoms with van der Waals surface area (Å²) in [6.45, 7) is 2.11. The van der Waals surface area contributed by atoms with Gasteiger partial charge in [0.25, 0.3) is 5.56 Å². The minimum Gasteiger partial charge on any atom is -0.383 e. The maximum absolute atomic E-state index is 12.9. The quantitative estimate of drug-likeness (QED) is 0.383. The highest BCUT2D eigenvalue weighted by Gasteiger charge is 2.30. The number of benzene rings is 2. The maximum Gasteiger partial charge on any atom is 0.416 e. The van der Waals surface area contributed by atoms with Crippen molar-refractivity contribution in [2.75, 3.05) is 19.0 Å². The van der Waals surface area contributed by atoms with Crippen LogP contribution in [0.2, 0.25) is 5.02 Å². The Balaban J connectivity index is 1.83. The normalized spacial score (nSPS) is 12.7. The van der Waals surface area contributed by atoms with Crippen molar-refractivity contribution in [1.82, 2.24) is 9.55 Å². The number of thioether (sulfide) groups is 1. The van der Waals surface area contributed by atoms with Crippen LogP contribution in [0, 0.1) is 0 Å². The highest BCUT2D eigenvalue weighted by Crippen LogP contribution is 2.30. The molecule has 0 bridgehead atoms. The van der Waals surface area contributed by atoms with Gasteiger partial charge in [0, 0.05) is 17.8 Å². The molecular formula is C21H19ClF3N3O3S. The Kier molecular flexibility index (Phi) is 7.47. The number of hydrogen-bond acceptors (Lipinski definition) is 5. The van der Waals surface area contributed by atoms with Crippen LogP contribution in [0.5, 0.6) is 0 Å². The fourth-order valence-electron chi connectivity index (χ4n) is 2.84. The molecule has 1 aromatic heterocycles. The summed E-state index contributed by atoms with van der Waals surface area (Å²) >= 11 is 7.07. The van der Waals surface area contributed by atoms with Crippen LogP contribution < -0.4 is 10.9 Å². The third-order valence-electron chi connectivity index (χ3n) is 4.53. The second-order valence-corrected chi connectivity index (χ2v) is 8.57. The standard InChI is InChI=1S/C21H19ClF3N3O3S/c1-12(18(29)26-15-6-3-13(4-7-15)21(23,24)25)32-20-27-17-11-14(22)5-8-16(17)19(30)28(20)9-10-31-2/h3-8,11-12H,9-10H2,1-2H3,(H,26,29). The monoisotopic (exact) mass is 485 g/mol. The molecule has 0 aliphatic rings. The highest BCUT2D eigenvalue weighted by molar-refractivity contribution is 8.00. The molecule has 0 spiro atoms. The van der Waals surface area contributed by atoms with Crippen molar-refractivity contribution >= 4 is 45.9 Å². The van der Waals surface area contributed by atoms with E-state index in [1.807, 2.05) is 0 Å². The number of halogens is 4. The van der Waals surface area contributed by atoms with Crippen LogP contribution in [-0.2, 0) is 22.3 Å². The van der Waals surface area contributed by atoms with E-state index in [1.165, 1.54) is 23.8 Å². The van der Waals surface area contributed by atoms with Crippen molar-refractivity contribution in [3.8, 4) is 0 Å². The smallest absolute Gasteiger partial charge is 0.383 e. The van der Waals surface area contributed by atoms with Gasteiger partial charge < -0.3 is 10.1 Å². The lowest BCUT2D eigenvalue weighted by Gasteiger charge is -2.16. The number of rotatable bonds is 7. The number of fused-ring (bicyclic) bond motifs is 1. The molecule has 0 fully saturated rings. The highest BCUT2D eigenvalue weighted by atomic mass is 35.5. The number of carbonyl (C=O) groups excluding carboxylic acids is 1. The molecule has 1 N–H and O–H groups in total. The van der Waals surface area contributed by atoms with Gasteiger partial charge in [-0.3, -0.25) is 14.2 Å². The molecule has 0 aliphatic carbocycles. The number of nitrogens with one attached hydrogen (secondary N) is 1. The number of anilines is 1. The first-order chi connectivity index (χ1) is 15.1. The Labute approximate surface area is 190 Å². The molecule has 32 heavy (non-hydrogen) atoms. The van der Waals surface area contributed by atoms with Gasteiger partial charge in [-0.1, -0.05) is 23.4 Å². The summed E-state index contributed by atoms with van der Waals surface area (Å²) in [4.78, 5) is 30.1. The molecule has 11 heteroatoms. The molecule has 0 aliphatic heterocycles. The molecule has 1 unspecified atom stereocenters. The molecule has 1 heterocycles. The molecule has 6 nitrogen and oxygen atoms in total. The first kappa shape index (κ1) is 24.1. The lowest BCUT2D eigenvalue weighted by atomic mass is 10.2. The lowest BCUT2D eigenvalue weighted by Crippen LogP contribution is -2.28. The van der Waals surface area contributed by atoms with Crippen molar-refractivity contribution in [3.05, 3.63) is 63.4 Å². The van der Waals surface area contributed by atoms with Gasteiger partial charge in [-0.05, 0) is 49.4 Å². The van der Waals surface area contributed by atoms with Gasteiger partial charge in [-0.15, -0.1) is 0 Å². The predicted molar refractivity (Wildman–Crippen MR) is 118 cm³/mol. The first-order valence-electron chi connectivity index (χ1n) is 9.44. The molecule has 1 atom stereocenters. The Morgan fingerprint density at radius 1 is 1.25 bits per heavy atom. The van der Waals surface area contributed by atoms with Gasteiger partial charge in [0.15, 0.2) is 5.16 Å². The number of amides is 1. The van der Waals surface area contributed by atoms with Crippen molar-refractivity contribution in [2.45, 2.75) is 30.1 Å². The number of hydrogen-bond donors (Lipinski definition) is 1. The minimum atomic E-state index is -4.46. The molecule has 3 aromatic rings. The summed E-state index contributed by atoms with van der Waals surface area (Å²) in [7, 11) is 1.51. The number of methoxy groups -OCH3 is 1. The van der Waals surface area contributed by atoms with E-state index in [2.05, 4.69) is 10.3 Å². The SMILES string of the molecule is COCCn1c(SC(C)C(=O)Nc2ccc(C(F)(F)F)cc2)nc2cc(Cl)ccc2c1=O. The van der Waals surface area contributed by atoms with Crippen molar-refractivity contribution < 1.29 is 22.7 Å². The second-order valence-electron chi connectivity index (χ2n) is 6.83. The maximum atomic E-state index is 12.9. The summed E-state index contributed by atoms with van der Waals surface area (Å²) in [5, 5.41) is 2.98. The van der Waals surface area contributed by atoms with Crippen LogP contribution in [0.4, 0.5) is 18.9 Å². The third-order valence-corrected chi connectivity index (χ3v) is 5.86. The van der Waals surface area contributed by atoms with Crippen molar-refractivity contribution in [1.29, 1.82) is 0 Å². The Hall–Kier alpha value is -2.56. The molecule has 170 valence electrons. The molecule has 0 saturated heterocycles. The van der Waals surface area contributed by atoms with Gasteiger partial charge >= 0.3 is 6.18 Å². The first-order valence-corrected chi connectivity index (χ1v) is 10.7. The van der Waals surface area contributed by atoms with Gasteiger partial charge in [0.05, 0.1) is 34.9 Å². The van der Waals surface area contributed by atoms with Crippen molar-refractivity contribution in [3.63, 3.8) is 0 Å². The lowest BCUT2D eigenvalue weighted by molar-refractivity contribution is -0.137. The van der Waals surface area contributed by atoms with Crippen LogP contribution in [-0.4, -0.2) is 34.4 Å². The molecule has 0 radical (unpaired) electrons. The summed E-state index contributed by atoms with van der Waals surface area (Å²) in [6, 6.07) is 8.91. The number of nitrogens with zero attached hydrogens (tertiary/aromatic N) is 2. The van der Waals surface area contributed by atoms with E-state index in [-0.39, 0.29) is 24.4 Å². The Bertz CT molecular complexity index is 1180. The zero-order valence-corrected chi connectivity index (χ0v) is 18.6. The average Bonchev–Trinajstić information content (AvgIpc) is 2.73. The van der Waals surface area contributed by atoms with E-state index >= 15 is 0 Å². The molecular weight excluding hydrogens is 467 g/mol. The summed E-state index contributed by atoms with van der Waals surface area (Å²) in [5.74, 6) is -0.450. The fourth-order valence-corrected chi connectivity index (χ4v) is 3.94. The number of ether oxygens (including phenoxy) is 1. The number of carbonyl (C=O) groups is 1. The Morgan fingerprint density at radius 3 is 2.56 bits per heavy atom. The predicted octanol–water partition coefficient (Wildman–Crippen LogP) is 4.83. The topological polar surface area (TPSA) is 73.2 Å². The van der Waals surface area contributed by atoms with E-state index < -0.39 is 22.9 Å². The molecule has 1 amide bonds. The molecule has 0 saturated carbocycles. The van der Waals surface area contributed by atoms with Crippen LogP contribution in [0.3, 0.4) is 0 Å². The summed E-state index contributed by atoms with van der Waals surface area (Å²) < 4.78 is 44.6. The van der Waals surface area contributed by atoms with Crippen molar-refractivity contribution in [2.24, 2.45) is 0 Å². The Morgan fingerprint density at radius 2 is 1.94 bits per heavy atom. The van der Waals surface area contributed by atoms with Crippen LogP contribution in [0.25, 0.3) is 10.9 Å². The minimum absolute atomic E-state index is 0.227. The van der Waals surface area contributed by atoms with Gasteiger partial charge in [0.2, 0.25) is 5.91 Å². The van der Waals surface area contributed by atoms with E-state index in [1.54, 1.807) is 25.1 Å². The average molecular weight is 486 g/mol. The summed E-state index contributed by atoms with van der Waals surface area (Å²) in [6.07, 6.45) is -4.46. The largest absolute Gasteiger partial charge is 0.416 e. The zero-order chi connectivity index (χ0) is 23.5. The second kappa shape index (κ2) is 9.93. The van der Waals surface area contributed by atoms with Gasteiger partial charge in [-0.25, -0.2) is 4.98 Å². The number of aromatic nitrogens is 2. The van der Waals surface area contributed by atoms with Gasteiger partial charge in [-0.2, -0.15) is 13.2 Å². The van der Waals surface area contributed by atoms with Gasteiger partial charge in [0.1, 0.15) is 0 Å². The zero-order valence-electron chi connectivity index (χ0n) is 17.1. The van der Waals surface area contributed by atoms with Crippen LogP contribution in [0.1, 0.15) is 12.5 Å².